The van der Waals surface area contributed by atoms with Crippen molar-refractivity contribution in [2.75, 3.05) is 31.5 Å². The van der Waals surface area contributed by atoms with Crippen molar-refractivity contribution in [1.29, 1.82) is 0 Å². The summed E-state index contributed by atoms with van der Waals surface area (Å²) < 4.78 is 18.9. The minimum Gasteiger partial charge on any atom is -0.361 e. The Balaban J connectivity index is 1.51. The van der Waals surface area contributed by atoms with Crippen molar-refractivity contribution in [1.82, 2.24) is 15.0 Å². The molecular weight excluding hydrogens is 359 g/mol. The van der Waals surface area contributed by atoms with Crippen molar-refractivity contribution in [3.05, 3.63) is 46.6 Å². The van der Waals surface area contributed by atoms with E-state index in [1.165, 1.54) is 18.2 Å². The number of hydrogen-bond acceptors (Lipinski definition) is 5. The van der Waals surface area contributed by atoms with Gasteiger partial charge in [-0.3, -0.25) is 14.6 Å². The maximum atomic E-state index is 13.8. The predicted octanol–water partition coefficient (Wildman–Crippen LogP) is 2.92. The third-order valence-corrected chi connectivity index (χ3v) is 4.82. The number of anilines is 1. The van der Waals surface area contributed by atoms with Gasteiger partial charge in [0, 0.05) is 43.8 Å². The smallest absolute Gasteiger partial charge is 0.241 e. The minimum atomic E-state index is -0.498. The van der Waals surface area contributed by atoms with Gasteiger partial charge in [0.05, 0.1) is 17.4 Å². The Hall–Kier alpha value is -1.96. The zero-order valence-corrected chi connectivity index (χ0v) is 15.6. The Morgan fingerprint density at radius 1 is 1.35 bits per heavy atom. The molecule has 1 N–H and O–H groups in total. The third-order valence-electron chi connectivity index (χ3n) is 4.58. The molecule has 0 bridgehead atoms. The monoisotopic (exact) mass is 380 g/mol. The van der Waals surface area contributed by atoms with Crippen LogP contribution in [0.1, 0.15) is 18.4 Å². The zero-order valence-electron chi connectivity index (χ0n) is 14.8. The molecule has 26 heavy (non-hydrogen) atoms. The van der Waals surface area contributed by atoms with Crippen LogP contribution in [-0.4, -0.2) is 53.1 Å². The highest BCUT2D eigenvalue weighted by molar-refractivity contribution is 6.30. The van der Waals surface area contributed by atoms with E-state index in [0.29, 0.717) is 5.02 Å². The van der Waals surface area contributed by atoms with Gasteiger partial charge < -0.3 is 9.84 Å². The largest absolute Gasteiger partial charge is 0.361 e. The highest BCUT2D eigenvalue weighted by Crippen LogP contribution is 2.20. The quantitative estimate of drug-likeness (QED) is 0.864. The first-order chi connectivity index (χ1) is 12.4. The van der Waals surface area contributed by atoms with Crippen LogP contribution in [0.4, 0.5) is 10.1 Å². The molecule has 1 aromatic carbocycles. The van der Waals surface area contributed by atoms with Crippen molar-refractivity contribution < 1.29 is 13.7 Å². The number of benzene rings is 1. The minimum absolute atomic E-state index is 0.106. The second-order valence-corrected chi connectivity index (χ2v) is 6.97. The number of piperazine rings is 1. The van der Waals surface area contributed by atoms with Gasteiger partial charge in [0.15, 0.2) is 0 Å². The Kier molecular flexibility index (Phi) is 5.90. The topological polar surface area (TPSA) is 61.6 Å². The number of nitrogens with one attached hydrogen (secondary N) is 1. The van der Waals surface area contributed by atoms with Crippen molar-refractivity contribution in [2.45, 2.75) is 26.4 Å². The molecule has 8 heteroatoms. The van der Waals surface area contributed by atoms with Gasteiger partial charge in [0.25, 0.3) is 0 Å². The molecule has 1 saturated heterocycles. The average Bonchev–Trinajstić information content (AvgIpc) is 3.03. The van der Waals surface area contributed by atoms with E-state index in [1.807, 2.05) is 19.9 Å². The molecule has 0 spiro atoms. The number of carbonyl (C=O) groups is 1. The summed E-state index contributed by atoms with van der Waals surface area (Å²) in [5, 5.41) is 7.02. The first-order valence-corrected chi connectivity index (χ1v) is 8.94. The molecule has 0 saturated carbocycles. The molecule has 1 aliphatic heterocycles. The molecule has 1 unspecified atom stereocenters. The predicted molar refractivity (Wildman–Crippen MR) is 97.6 cm³/mol. The lowest BCUT2D eigenvalue weighted by atomic mass is 10.2. The lowest BCUT2D eigenvalue weighted by Gasteiger charge is -2.37. The summed E-state index contributed by atoms with van der Waals surface area (Å²) >= 11 is 5.87. The maximum absolute atomic E-state index is 13.8. The van der Waals surface area contributed by atoms with E-state index in [2.05, 4.69) is 20.3 Å². The number of rotatable bonds is 5. The maximum Gasteiger partial charge on any atom is 0.241 e. The molecule has 2 aromatic rings. The lowest BCUT2D eigenvalue weighted by molar-refractivity contribution is -0.121. The van der Waals surface area contributed by atoms with Gasteiger partial charge in [-0.2, -0.15) is 0 Å². The Bertz CT molecular complexity index is 774. The molecule has 1 amide bonds. The molecule has 0 aliphatic carbocycles. The van der Waals surface area contributed by atoms with E-state index >= 15 is 0 Å². The van der Waals surface area contributed by atoms with Gasteiger partial charge in [0.1, 0.15) is 11.6 Å². The summed E-state index contributed by atoms with van der Waals surface area (Å²) in [6.07, 6.45) is 0. The molecule has 0 radical (unpaired) electrons. The molecule has 1 aromatic heterocycles. The van der Waals surface area contributed by atoms with Gasteiger partial charge in [-0.05, 0) is 32.0 Å². The highest BCUT2D eigenvalue weighted by atomic mass is 35.5. The van der Waals surface area contributed by atoms with Crippen LogP contribution in [0.15, 0.2) is 28.8 Å². The van der Waals surface area contributed by atoms with E-state index in [1.54, 1.807) is 0 Å². The van der Waals surface area contributed by atoms with Crippen LogP contribution < -0.4 is 5.32 Å². The fraction of sp³-hybridized carbons (Fsp3) is 0.444. The summed E-state index contributed by atoms with van der Waals surface area (Å²) in [7, 11) is 0. The summed E-state index contributed by atoms with van der Waals surface area (Å²) in [5.74, 6) is 0.0617. The fourth-order valence-electron chi connectivity index (χ4n) is 3.03. The van der Waals surface area contributed by atoms with E-state index in [0.717, 1.165) is 44.2 Å². The van der Waals surface area contributed by atoms with Crippen LogP contribution in [0.3, 0.4) is 0 Å². The van der Waals surface area contributed by atoms with Crippen molar-refractivity contribution >= 4 is 23.2 Å². The van der Waals surface area contributed by atoms with Gasteiger partial charge >= 0.3 is 0 Å². The van der Waals surface area contributed by atoms with Crippen LogP contribution in [0.5, 0.6) is 0 Å². The second-order valence-electron chi connectivity index (χ2n) is 6.53. The van der Waals surface area contributed by atoms with Crippen molar-refractivity contribution in [3.8, 4) is 0 Å². The van der Waals surface area contributed by atoms with Gasteiger partial charge in [-0.25, -0.2) is 4.39 Å². The van der Waals surface area contributed by atoms with Crippen LogP contribution >= 0.6 is 11.6 Å². The van der Waals surface area contributed by atoms with Gasteiger partial charge in [-0.15, -0.1) is 0 Å². The molecule has 140 valence electrons. The summed E-state index contributed by atoms with van der Waals surface area (Å²) in [6.45, 7) is 7.60. The lowest BCUT2D eigenvalue weighted by Crippen LogP contribution is -2.52. The Morgan fingerprint density at radius 2 is 2.08 bits per heavy atom. The van der Waals surface area contributed by atoms with Crippen molar-refractivity contribution in [2.24, 2.45) is 0 Å². The molecule has 1 atom stereocenters. The molecule has 2 heterocycles. The number of aromatic nitrogens is 1. The molecule has 1 aliphatic rings. The zero-order chi connectivity index (χ0) is 18.7. The highest BCUT2D eigenvalue weighted by Gasteiger charge is 2.26. The molecule has 3 rings (SSSR count). The normalized spacial score (nSPS) is 17.2. The Morgan fingerprint density at radius 3 is 2.73 bits per heavy atom. The Labute approximate surface area is 156 Å². The van der Waals surface area contributed by atoms with Crippen LogP contribution in [0.2, 0.25) is 5.02 Å². The second kappa shape index (κ2) is 8.16. The molecule has 6 nitrogen and oxygen atoms in total. The van der Waals surface area contributed by atoms with E-state index in [4.69, 9.17) is 16.1 Å². The standard InChI is InChI=1S/C18H22ClFN4O2/c1-12-9-15(22-26-12)11-23-5-7-24(8-6-23)13(2)18(25)21-17-10-14(19)3-4-16(17)20/h3-4,9-10,13H,5-8,11H2,1-2H3,(H,21,25). The number of amides is 1. The SMILES string of the molecule is Cc1cc(CN2CCN(C(C)C(=O)Nc3cc(Cl)ccc3F)CC2)no1. The number of nitrogens with zero attached hydrogens (tertiary/aromatic N) is 3. The van der Waals surface area contributed by atoms with Gasteiger partial charge in [-0.1, -0.05) is 16.8 Å². The van der Waals surface area contributed by atoms with Gasteiger partial charge in [0.2, 0.25) is 5.91 Å². The van der Waals surface area contributed by atoms with Crippen LogP contribution in [0.25, 0.3) is 0 Å². The van der Waals surface area contributed by atoms with Crippen LogP contribution in [-0.2, 0) is 11.3 Å². The first-order valence-electron chi connectivity index (χ1n) is 8.57. The summed E-state index contributed by atoms with van der Waals surface area (Å²) in [6, 6.07) is 5.68. The fourth-order valence-corrected chi connectivity index (χ4v) is 3.20. The number of carbonyl (C=O) groups excluding carboxylic acids is 1. The first kappa shape index (κ1) is 18.8. The van der Waals surface area contributed by atoms with Crippen molar-refractivity contribution in [3.63, 3.8) is 0 Å². The summed E-state index contributed by atoms with van der Waals surface area (Å²) in [4.78, 5) is 16.8. The molecule has 1 fully saturated rings. The number of aryl methyl sites for hydroxylation is 1. The molecular formula is C18H22ClFN4O2. The number of halogens is 2. The summed E-state index contributed by atoms with van der Waals surface area (Å²) in [5.41, 5.74) is 1.02. The van der Waals surface area contributed by atoms with Crippen LogP contribution in [0, 0.1) is 12.7 Å². The number of hydrogen-bond donors (Lipinski definition) is 1. The average molecular weight is 381 g/mol. The third kappa shape index (κ3) is 4.60. The van der Waals surface area contributed by atoms with E-state index in [9.17, 15) is 9.18 Å². The van der Waals surface area contributed by atoms with E-state index in [-0.39, 0.29) is 17.6 Å². The van der Waals surface area contributed by atoms with E-state index < -0.39 is 5.82 Å².